The molecule has 0 spiro atoms. The van der Waals surface area contributed by atoms with Crippen LogP contribution in [0, 0.1) is 5.92 Å². The minimum Gasteiger partial charge on any atom is -0.491 e. The summed E-state index contributed by atoms with van der Waals surface area (Å²) in [5.41, 5.74) is 0. The van der Waals surface area contributed by atoms with Crippen molar-refractivity contribution in [2.75, 3.05) is 13.2 Å². The average molecular weight is 285 g/mol. The van der Waals surface area contributed by atoms with Gasteiger partial charge in [0.25, 0.3) is 0 Å². The summed E-state index contributed by atoms with van der Waals surface area (Å²) in [5, 5.41) is 8.63. The molecule has 5 nitrogen and oxygen atoms in total. The van der Waals surface area contributed by atoms with Crippen molar-refractivity contribution >= 4 is 10.0 Å². The number of rotatable bonds is 6. The summed E-state index contributed by atoms with van der Waals surface area (Å²) < 4.78 is 32.0. The van der Waals surface area contributed by atoms with E-state index >= 15 is 0 Å². The summed E-state index contributed by atoms with van der Waals surface area (Å²) in [4.78, 5) is 0.239. The highest BCUT2D eigenvalue weighted by atomic mass is 32.2. The molecule has 0 bridgehead atoms. The van der Waals surface area contributed by atoms with Crippen molar-refractivity contribution in [2.24, 2.45) is 5.92 Å². The highest BCUT2D eigenvalue weighted by molar-refractivity contribution is 7.89. The molecule has 0 amide bonds. The van der Waals surface area contributed by atoms with Gasteiger partial charge in [-0.3, -0.25) is 0 Å². The summed E-state index contributed by atoms with van der Waals surface area (Å²) in [6.07, 6.45) is 1.80. The zero-order valence-corrected chi connectivity index (χ0v) is 11.7. The van der Waals surface area contributed by atoms with E-state index in [1.165, 1.54) is 12.1 Å². The third-order valence-corrected chi connectivity index (χ3v) is 4.73. The van der Waals surface area contributed by atoms with Crippen LogP contribution in [0.1, 0.15) is 19.8 Å². The number of hydrogen-bond donors (Lipinski definition) is 2. The molecule has 2 N–H and O–H groups in total. The van der Waals surface area contributed by atoms with Crippen LogP contribution in [-0.4, -0.2) is 32.8 Å². The van der Waals surface area contributed by atoms with Gasteiger partial charge in [0, 0.05) is 6.04 Å². The van der Waals surface area contributed by atoms with Crippen LogP contribution in [0.5, 0.6) is 5.75 Å². The smallest absolute Gasteiger partial charge is 0.240 e. The standard InChI is InChI=1S/C13H19NO4S/c1-10-8-11(9-10)14-19(16,17)13-4-2-12(3-5-13)18-7-6-15/h2-5,10-11,14-15H,6-9H2,1H3. The maximum absolute atomic E-state index is 12.1. The Morgan fingerprint density at radius 2 is 1.95 bits per heavy atom. The predicted octanol–water partition coefficient (Wildman–Crippen LogP) is 1.13. The van der Waals surface area contributed by atoms with Crippen LogP contribution in [0.2, 0.25) is 0 Å². The lowest BCUT2D eigenvalue weighted by molar-refractivity contribution is 0.201. The van der Waals surface area contributed by atoms with Crippen LogP contribution >= 0.6 is 0 Å². The van der Waals surface area contributed by atoms with E-state index in [1.54, 1.807) is 12.1 Å². The number of hydrogen-bond acceptors (Lipinski definition) is 4. The number of nitrogens with one attached hydrogen (secondary N) is 1. The first kappa shape index (κ1) is 14.3. The van der Waals surface area contributed by atoms with E-state index in [-0.39, 0.29) is 24.2 Å². The third kappa shape index (κ3) is 3.68. The monoisotopic (exact) mass is 285 g/mol. The molecule has 1 aromatic rings. The van der Waals surface area contributed by atoms with Gasteiger partial charge in [-0.05, 0) is 43.0 Å². The first-order chi connectivity index (χ1) is 9.01. The zero-order valence-electron chi connectivity index (χ0n) is 10.9. The van der Waals surface area contributed by atoms with Crippen LogP contribution in [0.4, 0.5) is 0 Å². The Bertz CT molecular complexity index is 506. The Labute approximate surface area is 113 Å². The van der Waals surface area contributed by atoms with Gasteiger partial charge in [-0.1, -0.05) is 6.92 Å². The lowest BCUT2D eigenvalue weighted by Crippen LogP contribution is -2.43. The van der Waals surface area contributed by atoms with E-state index in [4.69, 9.17) is 9.84 Å². The minimum atomic E-state index is -3.44. The number of ether oxygens (including phenoxy) is 1. The maximum Gasteiger partial charge on any atom is 0.240 e. The van der Waals surface area contributed by atoms with Crippen LogP contribution in [0.3, 0.4) is 0 Å². The number of sulfonamides is 1. The Balaban J connectivity index is 1.99. The van der Waals surface area contributed by atoms with Crippen LogP contribution < -0.4 is 9.46 Å². The van der Waals surface area contributed by atoms with Gasteiger partial charge in [0.1, 0.15) is 12.4 Å². The first-order valence-corrected chi connectivity index (χ1v) is 7.85. The van der Waals surface area contributed by atoms with E-state index in [0.29, 0.717) is 11.7 Å². The molecule has 1 aliphatic carbocycles. The molecule has 0 radical (unpaired) electrons. The van der Waals surface area contributed by atoms with Gasteiger partial charge in [-0.25, -0.2) is 13.1 Å². The quantitative estimate of drug-likeness (QED) is 0.821. The molecule has 19 heavy (non-hydrogen) atoms. The number of aliphatic hydroxyl groups is 1. The molecule has 0 aliphatic heterocycles. The summed E-state index contributed by atoms with van der Waals surface area (Å²) in [6, 6.07) is 6.26. The fraction of sp³-hybridized carbons (Fsp3) is 0.538. The molecule has 0 saturated heterocycles. The van der Waals surface area contributed by atoms with Crippen LogP contribution in [0.15, 0.2) is 29.2 Å². The van der Waals surface area contributed by atoms with Crippen molar-refractivity contribution in [3.05, 3.63) is 24.3 Å². The van der Waals surface area contributed by atoms with Crippen molar-refractivity contribution in [1.29, 1.82) is 0 Å². The zero-order chi connectivity index (χ0) is 13.9. The fourth-order valence-electron chi connectivity index (χ4n) is 2.16. The molecule has 1 saturated carbocycles. The Morgan fingerprint density at radius 1 is 1.32 bits per heavy atom. The van der Waals surface area contributed by atoms with Crippen molar-refractivity contribution in [3.8, 4) is 5.75 Å². The summed E-state index contributed by atoms with van der Waals surface area (Å²) in [6.45, 7) is 2.24. The topological polar surface area (TPSA) is 75.6 Å². The highest BCUT2D eigenvalue weighted by Crippen LogP contribution is 2.28. The highest BCUT2D eigenvalue weighted by Gasteiger charge is 2.29. The normalized spacial score (nSPS) is 22.8. The van der Waals surface area contributed by atoms with Crippen molar-refractivity contribution in [2.45, 2.75) is 30.7 Å². The molecule has 0 unspecified atom stereocenters. The molecule has 2 rings (SSSR count). The van der Waals surface area contributed by atoms with E-state index in [9.17, 15) is 8.42 Å². The lowest BCUT2D eigenvalue weighted by Gasteiger charge is -2.32. The summed E-state index contributed by atoms with van der Waals surface area (Å²) >= 11 is 0. The SMILES string of the molecule is CC1CC(NS(=O)(=O)c2ccc(OCCO)cc2)C1. The van der Waals surface area contributed by atoms with Crippen LogP contribution in [-0.2, 0) is 10.0 Å². The molecule has 0 aromatic heterocycles. The van der Waals surface area contributed by atoms with Gasteiger partial charge in [0.05, 0.1) is 11.5 Å². The van der Waals surface area contributed by atoms with Crippen LogP contribution in [0.25, 0.3) is 0 Å². The Morgan fingerprint density at radius 3 is 2.47 bits per heavy atom. The molecule has 0 heterocycles. The van der Waals surface area contributed by atoms with E-state index in [2.05, 4.69) is 11.6 Å². The second kappa shape index (κ2) is 5.90. The molecule has 1 aliphatic rings. The number of benzene rings is 1. The van der Waals surface area contributed by atoms with Gasteiger partial charge >= 0.3 is 0 Å². The minimum absolute atomic E-state index is 0.0605. The van der Waals surface area contributed by atoms with E-state index < -0.39 is 10.0 Å². The average Bonchev–Trinajstić information content (AvgIpc) is 2.35. The predicted molar refractivity (Wildman–Crippen MR) is 71.5 cm³/mol. The number of aliphatic hydroxyl groups excluding tert-OH is 1. The fourth-order valence-corrected chi connectivity index (χ4v) is 3.43. The Kier molecular flexibility index (Phi) is 4.44. The van der Waals surface area contributed by atoms with Gasteiger partial charge in [-0.2, -0.15) is 0 Å². The second-order valence-corrected chi connectivity index (χ2v) is 6.65. The van der Waals surface area contributed by atoms with Gasteiger partial charge in [0.15, 0.2) is 0 Å². The molecule has 106 valence electrons. The summed E-state index contributed by atoms with van der Waals surface area (Å²) in [7, 11) is -3.44. The molecular weight excluding hydrogens is 266 g/mol. The largest absolute Gasteiger partial charge is 0.491 e. The third-order valence-electron chi connectivity index (χ3n) is 3.19. The lowest BCUT2D eigenvalue weighted by atomic mass is 9.83. The molecule has 1 fully saturated rings. The van der Waals surface area contributed by atoms with Gasteiger partial charge in [0.2, 0.25) is 10.0 Å². The van der Waals surface area contributed by atoms with Gasteiger partial charge in [-0.15, -0.1) is 0 Å². The summed E-state index contributed by atoms with van der Waals surface area (Å²) in [5.74, 6) is 1.15. The Hall–Kier alpha value is -1.11. The van der Waals surface area contributed by atoms with E-state index in [1.807, 2.05) is 0 Å². The molecular formula is C13H19NO4S. The molecule has 1 aromatic carbocycles. The van der Waals surface area contributed by atoms with Crippen molar-refractivity contribution in [1.82, 2.24) is 4.72 Å². The van der Waals surface area contributed by atoms with Gasteiger partial charge < -0.3 is 9.84 Å². The van der Waals surface area contributed by atoms with Crippen molar-refractivity contribution in [3.63, 3.8) is 0 Å². The van der Waals surface area contributed by atoms with Crippen molar-refractivity contribution < 1.29 is 18.3 Å². The molecule has 6 heteroatoms. The molecule has 0 atom stereocenters. The second-order valence-electron chi connectivity index (χ2n) is 4.94. The first-order valence-electron chi connectivity index (χ1n) is 6.37. The van der Waals surface area contributed by atoms with E-state index in [0.717, 1.165) is 12.8 Å². The maximum atomic E-state index is 12.1.